The van der Waals surface area contributed by atoms with E-state index in [0.717, 1.165) is 37.1 Å². The van der Waals surface area contributed by atoms with Crippen LogP contribution in [-0.4, -0.2) is 36.8 Å². The molecule has 0 saturated carbocycles. The van der Waals surface area contributed by atoms with Crippen molar-refractivity contribution in [3.63, 3.8) is 0 Å². The third-order valence-electron chi connectivity index (χ3n) is 6.08. The SMILES string of the molecule is COCC1CN(c2nccc(COc3ccc(C(C)(C)c4ccc(C)cc4)cc3)n2)C1. The molecule has 2 heterocycles. The van der Waals surface area contributed by atoms with Crippen molar-refractivity contribution in [1.82, 2.24) is 9.97 Å². The Morgan fingerprint density at radius 3 is 2.26 bits per heavy atom. The molecule has 1 fully saturated rings. The lowest BCUT2D eigenvalue weighted by molar-refractivity contribution is 0.136. The van der Waals surface area contributed by atoms with Gasteiger partial charge in [-0.25, -0.2) is 9.97 Å². The molecule has 0 unspecified atom stereocenters. The Hall–Kier alpha value is -2.92. The number of aryl methyl sites for hydroxylation is 1. The Bertz CT molecular complexity index is 994. The first kappa shape index (κ1) is 21.3. The smallest absolute Gasteiger partial charge is 0.225 e. The summed E-state index contributed by atoms with van der Waals surface area (Å²) in [5.74, 6) is 2.17. The Balaban J connectivity index is 1.37. The number of nitrogens with zero attached hydrogens (tertiary/aromatic N) is 3. The van der Waals surface area contributed by atoms with Crippen molar-refractivity contribution in [2.24, 2.45) is 5.92 Å². The van der Waals surface area contributed by atoms with Crippen molar-refractivity contribution in [2.75, 3.05) is 31.7 Å². The summed E-state index contributed by atoms with van der Waals surface area (Å²) >= 11 is 0. The fourth-order valence-electron chi connectivity index (χ4n) is 3.95. The maximum Gasteiger partial charge on any atom is 0.225 e. The molecule has 4 rings (SSSR count). The average Bonchev–Trinajstić information content (AvgIpc) is 2.75. The van der Waals surface area contributed by atoms with E-state index < -0.39 is 0 Å². The minimum absolute atomic E-state index is 0.0638. The molecule has 162 valence electrons. The monoisotopic (exact) mass is 417 g/mol. The molecular formula is C26H31N3O2. The zero-order valence-corrected chi connectivity index (χ0v) is 18.8. The van der Waals surface area contributed by atoms with Crippen LogP contribution in [0.15, 0.2) is 60.8 Å². The lowest BCUT2D eigenvalue weighted by atomic mass is 9.78. The van der Waals surface area contributed by atoms with Gasteiger partial charge in [0.2, 0.25) is 5.95 Å². The second kappa shape index (κ2) is 9.06. The lowest BCUT2D eigenvalue weighted by Gasteiger charge is -2.38. The van der Waals surface area contributed by atoms with E-state index in [-0.39, 0.29) is 5.41 Å². The normalized spacial score (nSPS) is 14.4. The number of aromatic nitrogens is 2. The van der Waals surface area contributed by atoms with E-state index in [4.69, 9.17) is 9.47 Å². The highest BCUT2D eigenvalue weighted by Crippen LogP contribution is 2.32. The minimum atomic E-state index is -0.0638. The van der Waals surface area contributed by atoms with Crippen LogP contribution in [0.4, 0.5) is 5.95 Å². The molecule has 5 nitrogen and oxygen atoms in total. The van der Waals surface area contributed by atoms with Crippen LogP contribution in [-0.2, 0) is 16.8 Å². The molecule has 1 aliphatic rings. The van der Waals surface area contributed by atoms with Crippen molar-refractivity contribution in [2.45, 2.75) is 32.8 Å². The summed E-state index contributed by atoms with van der Waals surface area (Å²) in [6.07, 6.45) is 1.80. The zero-order valence-electron chi connectivity index (χ0n) is 18.8. The molecule has 2 aromatic carbocycles. The summed E-state index contributed by atoms with van der Waals surface area (Å²) in [5, 5.41) is 0. The Morgan fingerprint density at radius 1 is 0.968 bits per heavy atom. The van der Waals surface area contributed by atoms with Gasteiger partial charge in [0, 0.05) is 37.7 Å². The quantitative estimate of drug-likeness (QED) is 0.528. The summed E-state index contributed by atoms with van der Waals surface area (Å²) in [6, 6.07) is 19.0. The highest BCUT2D eigenvalue weighted by atomic mass is 16.5. The predicted molar refractivity (Wildman–Crippen MR) is 124 cm³/mol. The van der Waals surface area contributed by atoms with Gasteiger partial charge in [-0.1, -0.05) is 55.8 Å². The van der Waals surface area contributed by atoms with E-state index in [2.05, 4.69) is 72.0 Å². The molecule has 0 aliphatic carbocycles. The largest absolute Gasteiger partial charge is 0.487 e. The molecule has 5 heteroatoms. The van der Waals surface area contributed by atoms with Gasteiger partial charge >= 0.3 is 0 Å². The highest BCUT2D eigenvalue weighted by molar-refractivity contribution is 5.41. The molecule has 0 spiro atoms. The maximum absolute atomic E-state index is 6.00. The third-order valence-corrected chi connectivity index (χ3v) is 6.08. The first-order valence-corrected chi connectivity index (χ1v) is 10.8. The van der Waals surface area contributed by atoms with Crippen molar-refractivity contribution >= 4 is 5.95 Å². The summed E-state index contributed by atoms with van der Waals surface area (Å²) in [7, 11) is 1.74. The fraction of sp³-hybridized carbons (Fsp3) is 0.385. The van der Waals surface area contributed by atoms with Crippen LogP contribution in [0.3, 0.4) is 0 Å². The summed E-state index contributed by atoms with van der Waals surface area (Å²) < 4.78 is 11.2. The third kappa shape index (κ3) is 4.88. The van der Waals surface area contributed by atoms with Gasteiger partial charge in [0.25, 0.3) is 0 Å². The second-order valence-electron chi connectivity index (χ2n) is 8.88. The zero-order chi connectivity index (χ0) is 21.8. The maximum atomic E-state index is 6.00. The summed E-state index contributed by atoms with van der Waals surface area (Å²) in [5.41, 5.74) is 4.66. The molecule has 0 amide bonds. The molecule has 3 aromatic rings. The molecular weight excluding hydrogens is 386 g/mol. The van der Waals surface area contributed by atoms with E-state index in [0.29, 0.717) is 12.5 Å². The van der Waals surface area contributed by atoms with Gasteiger partial charge in [-0.3, -0.25) is 0 Å². The predicted octanol–water partition coefficient (Wildman–Crippen LogP) is 4.77. The Kier molecular flexibility index (Phi) is 6.23. The summed E-state index contributed by atoms with van der Waals surface area (Å²) in [4.78, 5) is 11.2. The first-order valence-electron chi connectivity index (χ1n) is 10.8. The van der Waals surface area contributed by atoms with E-state index in [1.807, 2.05) is 18.2 Å². The Labute approximate surface area is 185 Å². The number of hydrogen-bond acceptors (Lipinski definition) is 5. The van der Waals surface area contributed by atoms with Crippen LogP contribution >= 0.6 is 0 Å². The molecule has 1 aromatic heterocycles. The molecule has 0 radical (unpaired) electrons. The van der Waals surface area contributed by atoms with Gasteiger partial charge < -0.3 is 14.4 Å². The topological polar surface area (TPSA) is 47.5 Å². The van der Waals surface area contributed by atoms with Gasteiger partial charge in [-0.2, -0.15) is 0 Å². The van der Waals surface area contributed by atoms with E-state index in [9.17, 15) is 0 Å². The van der Waals surface area contributed by atoms with E-state index in [1.165, 1.54) is 16.7 Å². The van der Waals surface area contributed by atoms with E-state index >= 15 is 0 Å². The van der Waals surface area contributed by atoms with Crippen LogP contribution in [0.5, 0.6) is 5.75 Å². The van der Waals surface area contributed by atoms with Gasteiger partial charge in [0.15, 0.2) is 0 Å². The van der Waals surface area contributed by atoms with Crippen molar-refractivity contribution < 1.29 is 9.47 Å². The first-order chi connectivity index (χ1) is 15.0. The summed E-state index contributed by atoms with van der Waals surface area (Å²) in [6.45, 7) is 9.71. The molecule has 0 bridgehead atoms. The van der Waals surface area contributed by atoms with Crippen LogP contribution < -0.4 is 9.64 Å². The number of ether oxygens (including phenoxy) is 2. The molecule has 31 heavy (non-hydrogen) atoms. The fourth-order valence-corrected chi connectivity index (χ4v) is 3.95. The minimum Gasteiger partial charge on any atom is -0.487 e. The average molecular weight is 418 g/mol. The van der Waals surface area contributed by atoms with Crippen LogP contribution in [0.1, 0.15) is 36.2 Å². The van der Waals surface area contributed by atoms with Crippen LogP contribution in [0.25, 0.3) is 0 Å². The molecule has 1 aliphatic heterocycles. The molecule has 0 N–H and O–H groups in total. The standard InChI is InChI=1S/C26H31N3O2/c1-19-5-7-21(8-6-19)26(2,3)22-9-11-24(12-10-22)31-18-23-13-14-27-25(28-23)29-15-20(16-29)17-30-4/h5-14,20H,15-18H2,1-4H3. The highest BCUT2D eigenvalue weighted by Gasteiger charge is 2.28. The van der Waals surface area contributed by atoms with Crippen LogP contribution in [0.2, 0.25) is 0 Å². The molecule has 1 saturated heterocycles. The van der Waals surface area contributed by atoms with E-state index in [1.54, 1.807) is 13.3 Å². The van der Waals surface area contributed by atoms with Gasteiger partial charge in [0.1, 0.15) is 12.4 Å². The van der Waals surface area contributed by atoms with Crippen molar-refractivity contribution in [3.8, 4) is 5.75 Å². The van der Waals surface area contributed by atoms with Gasteiger partial charge in [-0.15, -0.1) is 0 Å². The second-order valence-corrected chi connectivity index (χ2v) is 8.88. The number of hydrogen-bond donors (Lipinski definition) is 0. The Morgan fingerprint density at radius 2 is 1.61 bits per heavy atom. The lowest BCUT2D eigenvalue weighted by Crippen LogP contribution is -2.49. The molecule has 0 atom stereocenters. The van der Waals surface area contributed by atoms with Crippen molar-refractivity contribution in [1.29, 1.82) is 0 Å². The van der Waals surface area contributed by atoms with Gasteiger partial charge in [-0.05, 0) is 36.2 Å². The van der Waals surface area contributed by atoms with Gasteiger partial charge in [0.05, 0.1) is 12.3 Å². The number of rotatable bonds is 8. The van der Waals surface area contributed by atoms with Crippen LogP contribution in [0, 0.1) is 12.8 Å². The number of benzene rings is 2. The number of methoxy groups -OCH3 is 1. The van der Waals surface area contributed by atoms with Crippen molar-refractivity contribution in [3.05, 3.63) is 83.2 Å². The number of anilines is 1.